The first-order valence-corrected chi connectivity index (χ1v) is 9.50. The topological polar surface area (TPSA) is 57.7 Å². The van der Waals surface area contributed by atoms with Crippen LogP contribution in [0.3, 0.4) is 0 Å². The van der Waals surface area contributed by atoms with Gasteiger partial charge in [-0.25, -0.2) is 12.8 Å². The monoisotopic (exact) mass is 340 g/mol. The summed E-state index contributed by atoms with van der Waals surface area (Å²) in [5.74, 6) is -0.701. The third-order valence-electron chi connectivity index (χ3n) is 4.56. The molecule has 7 heteroatoms. The van der Waals surface area contributed by atoms with Crippen LogP contribution in [0.15, 0.2) is 29.2 Å². The van der Waals surface area contributed by atoms with Crippen LogP contribution in [0.25, 0.3) is 0 Å². The Bertz CT molecular complexity index is 686. The summed E-state index contributed by atoms with van der Waals surface area (Å²) in [6, 6.07) is 4.33. The molecular weight excluding hydrogens is 319 g/mol. The van der Waals surface area contributed by atoms with Crippen molar-refractivity contribution in [2.45, 2.75) is 43.0 Å². The molecule has 0 saturated carbocycles. The minimum Gasteiger partial charge on any atom is -0.341 e. The van der Waals surface area contributed by atoms with E-state index in [1.54, 1.807) is 4.90 Å². The molecule has 1 unspecified atom stereocenters. The fraction of sp³-hybridized carbons (Fsp3) is 0.562. The zero-order valence-electron chi connectivity index (χ0n) is 12.9. The SMILES string of the molecule is O=C(C1CCCCN1S(=O)(=O)c1cccc(F)c1)N1CCCC1. The van der Waals surface area contributed by atoms with E-state index in [0.717, 1.165) is 31.7 Å². The first kappa shape index (κ1) is 16.4. The molecule has 0 N–H and O–H groups in total. The standard InChI is InChI=1S/C16H21FN2O3S/c17-13-6-5-7-14(12-13)23(21,22)19-11-2-1-8-15(19)16(20)18-9-3-4-10-18/h5-7,12,15H,1-4,8-11H2. The Kier molecular flexibility index (Phi) is 4.68. The molecule has 2 fully saturated rings. The van der Waals surface area contributed by atoms with Crippen LogP contribution in [0.4, 0.5) is 4.39 Å². The van der Waals surface area contributed by atoms with Gasteiger partial charge in [0.2, 0.25) is 15.9 Å². The average molecular weight is 340 g/mol. The molecule has 2 saturated heterocycles. The molecule has 0 aliphatic carbocycles. The third kappa shape index (κ3) is 3.26. The minimum atomic E-state index is -3.86. The normalized spacial score (nSPS) is 23.2. The highest BCUT2D eigenvalue weighted by atomic mass is 32.2. The van der Waals surface area contributed by atoms with E-state index in [1.165, 1.54) is 22.5 Å². The highest BCUT2D eigenvalue weighted by Gasteiger charge is 2.39. The number of halogens is 1. The van der Waals surface area contributed by atoms with Crippen molar-refractivity contribution in [1.82, 2.24) is 9.21 Å². The number of benzene rings is 1. The molecule has 0 radical (unpaired) electrons. The average Bonchev–Trinajstić information content (AvgIpc) is 3.08. The van der Waals surface area contributed by atoms with Crippen molar-refractivity contribution in [2.24, 2.45) is 0 Å². The number of rotatable bonds is 3. The molecular formula is C16H21FN2O3S. The number of piperidine rings is 1. The summed E-state index contributed by atoms with van der Waals surface area (Å²) in [4.78, 5) is 14.4. The lowest BCUT2D eigenvalue weighted by molar-refractivity contribution is -0.135. The van der Waals surface area contributed by atoms with Gasteiger partial charge in [0.1, 0.15) is 11.9 Å². The summed E-state index contributed by atoms with van der Waals surface area (Å²) < 4.78 is 40.4. The number of sulfonamides is 1. The number of hydrogen-bond donors (Lipinski definition) is 0. The first-order chi connectivity index (χ1) is 11.0. The molecule has 0 aromatic heterocycles. The Labute approximate surface area is 136 Å². The van der Waals surface area contributed by atoms with Crippen LogP contribution in [0, 0.1) is 5.82 Å². The number of carbonyl (C=O) groups is 1. The van der Waals surface area contributed by atoms with E-state index >= 15 is 0 Å². The van der Waals surface area contributed by atoms with Crippen LogP contribution < -0.4 is 0 Å². The second-order valence-electron chi connectivity index (χ2n) is 6.12. The summed E-state index contributed by atoms with van der Waals surface area (Å²) in [5.41, 5.74) is 0. The van der Waals surface area contributed by atoms with Gasteiger partial charge in [-0.2, -0.15) is 4.31 Å². The van der Waals surface area contributed by atoms with Gasteiger partial charge in [-0.3, -0.25) is 4.79 Å². The highest BCUT2D eigenvalue weighted by Crippen LogP contribution is 2.27. The van der Waals surface area contributed by atoms with E-state index in [9.17, 15) is 17.6 Å². The zero-order chi connectivity index (χ0) is 16.4. The predicted molar refractivity (Wildman–Crippen MR) is 83.7 cm³/mol. The highest BCUT2D eigenvalue weighted by molar-refractivity contribution is 7.89. The van der Waals surface area contributed by atoms with Crippen molar-refractivity contribution >= 4 is 15.9 Å². The fourth-order valence-electron chi connectivity index (χ4n) is 3.35. The lowest BCUT2D eigenvalue weighted by Gasteiger charge is -2.35. The number of carbonyl (C=O) groups excluding carboxylic acids is 1. The molecule has 126 valence electrons. The summed E-state index contributed by atoms with van der Waals surface area (Å²) in [6.45, 7) is 1.70. The third-order valence-corrected chi connectivity index (χ3v) is 6.46. The maximum Gasteiger partial charge on any atom is 0.243 e. The van der Waals surface area contributed by atoms with Gasteiger partial charge in [0.05, 0.1) is 4.90 Å². The molecule has 23 heavy (non-hydrogen) atoms. The lowest BCUT2D eigenvalue weighted by atomic mass is 10.0. The molecule has 1 amide bonds. The molecule has 0 spiro atoms. The minimum absolute atomic E-state index is 0.0846. The van der Waals surface area contributed by atoms with Gasteiger partial charge >= 0.3 is 0 Å². The lowest BCUT2D eigenvalue weighted by Crippen LogP contribution is -2.52. The molecule has 1 aromatic rings. The number of nitrogens with zero attached hydrogens (tertiary/aromatic N) is 2. The van der Waals surface area contributed by atoms with Crippen molar-refractivity contribution in [1.29, 1.82) is 0 Å². The largest absolute Gasteiger partial charge is 0.341 e. The Morgan fingerprint density at radius 2 is 1.78 bits per heavy atom. The number of likely N-dealkylation sites (tertiary alicyclic amines) is 1. The maximum atomic E-state index is 13.4. The quantitative estimate of drug-likeness (QED) is 0.845. The van der Waals surface area contributed by atoms with Crippen LogP contribution in [0.1, 0.15) is 32.1 Å². The second kappa shape index (κ2) is 6.57. The van der Waals surface area contributed by atoms with E-state index in [0.29, 0.717) is 26.1 Å². The molecule has 0 bridgehead atoms. The van der Waals surface area contributed by atoms with Gasteiger partial charge in [0.15, 0.2) is 0 Å². The Morgan fingerprint density at radius 3 is 2.48 bits per heavy atom. The summed E-state index contributed by atoms with van der Waals surface area (Å²) in [5, 5.41) is 0. The molecule has 3 rings (SSSR count). The number of hydrogen-bond acceptors (Lipinski definition) is 3. The Morgan fingerprint density at radius 1 is 1.09 bits per heavy atom. The Hall–Kier alpha value is -1.47. The van der Waals surface area contributed by atoms with Crippen molar-refractivity contribution in [2.75, 3.05) is 19.6 Å². The second-order valence-corrected chi connectivity index (χ2v) is 8.01. The molecule has 1 atom stereocenters. The molecule has 2 aliphatic rings. The van der Waals surface area contributed by atoms with Crippen LogP contribution >= 0.6 is 0 Å². The van der Waals surface area contributed by atoms with Crippen molar-refractivity contribution < 1.29 is 17.6 Å². The van der Waals surface area contributed by atoms with Crippen LogP contribution in [0.5, 0.6) is 0 Å². The van der Waals surface area contributed by atoms with Gasteiger partial charge in [-0.05, 0) is 43.9 Å². The van der Waals surface area contributed by atoms with Gasteiger partial charge in [-0.15, -0.1) is 0 Å². The summed E-state index contributed by atoms with van der Waals surface area (Å²) in [6.07, 6.45) is 4.02. The van der Waals surface area contributed by atoms with Crippen LogP contribution in [-0.2, 0) is 14.8 Å². The van der Waals surface area contributed by atoms with Gasteiger partial charge in [0, 0.05) is 19.6 Å². The van der Waals surface area contributed by atoms with Gasteiger partial charge in [0.25, 0.3) is 0 Å². The number of amides is 1. The van der Waals surface area contributed by atoms with E-state index in [-0.39, 0.29) is 10.8 Å². The smallest absolute Gasteiger partial charge is 0.243 e. The molecule has 2 aliphatic heterocycles. The Balaban J connectivity index is 1.89. The van der Waals surface area contributed by atoms with Crippen LogP contribution in [0.2, 0.25) is 0 Å². The fourth-order valence-corrected chi connectivity index (χ4v) is 5.03. The zero-order valence-corrected chi connectivity index (χ0v) is 13.8. The maximum absolute atomic E-state index is 13.4. The van der Waals surface area contributed by atoms with E-state index in [1.807, 2.05) is 0 Å². The van der Waals surface area contributed by atoms with Crippen molar-refractivity contribution in [3.63, 3.8) is 0 Å². The first-order valence-electron chi connectivity index (χ1n) is 8.06. The predicted octanol–water partition coefficient (Wildman–Crippen LogP) is 1.99. The van der Waals surface area contributed by atoms with Crippen LogP contribution in [-0.4, -0.2) is 49.2 Å². The summed E-state index contributed by atoms with van der Waals surface area (Å²) in [7, 11) is -3.86. The van der Waals surface area contributed by atoms with E-state index in [4.69, 9.17) is 0 Å². The van der Waals surface area contributed by atoms with E-state index < -0.39 is 21.9 Å². The van der Waals surface area contributed by atoms with Gasteiger partial charge in [-0.1, -0.05) is 12.5 Å². The van der Waals surface area contributed by atoms with E-state index in [2.05, 4.69) is 0 Å². The molecule has 1 aromatic carbocycles. The van der Waals surface area contributed by atoms with Crippen molar-refractivity contribution in [3.05, 3.63) is 30.1 Å². The molecule has 2 heterocycles. The molecule has 5 nitrogen and oxygen atoms in total. The summed E-state index contributed by atoms with van der Waals surface area (Å²) >= 11 is 0. The van der Waals surface area contributed by atoms with Crippen molar-refractivity contribution in [3.8, 4) is 0 Å². The van der Waals surface area contributed by atoms with Gasteiger partial charge < -0.3 is 4.90 Å².